The lowest BCUT2D eigenvalue weighted by Gasteiger charge is -2.08. The van der Waals surface area contributed by atoms with Crippen molar-refractivity contribution in [3.05, 3.63) is 65.8 Å². The summed E-state index contributed by atoms with van der Waals surface area (Å²) >= 11 is 6.81. The summed E-state index contributed by atoms with van der Waals surface area (Å²) in [6.45, 7) is 0. The fourth-order valence-corrected chi connectivity index (χ4v) is 4.22. The Bertz CT molecular complexity index is 1010. The van der Waals surface area contributed by atoms with Gasteiger partial charge in [0.15, 0.2) is 0 Å². The van der Waals surface area contributed by atoms with Crippen LogP contribution < -0.4 is 15.6 Å². The first kappa shape index (κ1) is 18.3. The van der Waals surface area contributed by atoms with Crippen LogP contribution in [0.4, 0.5) is 10.5 Å². The van der Waals surface area contributed by atoms with Crippen LogP contribution >= 0.6 is 22.9 Å². The second kappa shape index (κ2) is 7.83. The molecule has 0 aliphatic heterocycles. The molecule has 0 saturated heterocycles. The molecule has 2 heterocycles. The Morgan fingerprint density at radius 3 is 2.50 bits per heavy atom. The SMILES string of the molecule is O=C(NNS(=O)(=O)c1ccc(-c2ccccn2)s1)Nc1ccc(Cl)cc1. The van der Waals surface area contributed by atoms with E-state index in [1.54, 1.807) is 48.7 Å². The van der Waals surface area contributed by atoms with Gasteiger partial charge in [0.25, 0.3) is 10.0 Å². The lowest BCUT2D eigenvalue weighted by Crippen LogP contribution is -2.43. The lowest BCUT2D eigenvalue weighted by molar-refractivity contribution is 0.250. The van der Waals surface area contributed by atoms with Gasteiger partial charge in [-0.3, -0.25) is 10.4 Å². The summed E-state index contributed by atoms with van der Waals surface area (Å²) in [6.07, 6.45) is 1.63. The number of halogens is 1. The van der Waals surface area contributed by atoms with Crippen LogP contribution in [0.15, 0.2) is 65.0 Å². The number of aromatic nitrogens is 1. The van der Waals surface area contributed by atoms with Crippen molar-refractivity contribution < 1.29 is 13.2 Å². The summed E-state index contributed by atoms with van der Waals surface area (Å²) in [5.41, 5.74) is 3.25. The summed E-state index contributed by atoms with van der Waals surface area (Å²) in [7, 11) is -3.89. The first-order valence-corrected chi connectivity index (χ1v) is 9.97. The van der Waals surface area contributed by atoms with Gasteiger partial charge >= 0.3 is 6.03 Å². The van der Waals surface area contributed by atoms with Gasteiger partial charge in [-0.25, -0.2) is 13.2 Å². The van der Waals surface area contributed by atoms with E-state index in [1.807, 2.05) is 10.9 Å². The second-order valence-corrected chi connectivity index (χ2v) is 8.45. The molecular formula is C16H13ClN4O3S2. The number of sulfonamides is 1. The summed E-state index contributed by atoms with van der Waals surface area (Å²) in [5.74, 6) is 0. The molecule has 10 heteroatoms. The molecule has 3 aromatic rings. The number of hydrogen-bond donors (Lipinski definition) is 3. The maximum absolute atomic E-state index is 12.3. The van der Waals surface area contributed by atoms with Crippen molar-refractivity contribution in [3.8, 4) is 10.6 Å². The largest absolute Gasteiger partial charge is 0.334 e. The van der Waals surface area contributed by atoms with E-state index in [2.05, 4.69) is 15.7 Å². The van der Waals surface area contributed by atoms with Gasteiger partial charge in [-0.05, 0) is 48.5 Å². The molecule has 3 rings (SSSR count). The van der Waals surface area contributed by atoms with E-state index >= 15 is 0 Å². The second-order valence-electron chi connectivity index (χ2n) is 5.03. The maximum Gasteiger partial charge on any atom is 0.334 e. The third-order valence-electron chi connectivity index (χ3n) is 3.16. The standard InChI is InChI=1S/C16H13ClN4O3S2/c17-11-4-6-12(7-5-11)19-16(22)20-21-26(23,24)15-9-8-14(25-15)13-3-1-2-10-18-13/h1-10,21H,(H2,19,20,22). The minimum atomic E-state index is -3.89. The molecule has 26 heavy (non-hydrogen) atoms. The van der Waals surface area contributed by atoms with Crippen LogP contribution in [0.25, 0.3) is 10.6 Å². The minimum absolute atomic E-state index is 0.0601. The monoisotopic (exact) mass is 408 g/mol. The van der Waals surface area contributed by atoms with Crippen molar-refractivity contribution in [3.63, 3.8) is 0 Å². The Balaban J connectivity index is 1.63. The van der Waals surface area contributed by atoms with Crippen molar-refractivity contribution in [1.29, 1.82) is 0 Å². The van der Waals surface area contributed by atoms with Crippen molar-refractivity contribution in [2.75, 3.05) is 5.32 Å². The third-order valence-corrected chi connectivity index (χ3v) is 6.26. The number of urea groups is 1. The molecule has 3 N–H and O–H groups in total. The summed E-state index contributed by atoms with van der Waals surface area (Å²) < 4.78 is 24.7. The van der Waals surface area contributed by atoms with Crippen LogP contribution in [0.2, 0.25) is 5.02 Å². The highest BCUT2D eigenvalue weighted by Gasteiger charge is 2.18. The molecule has 1 aromatic carbocycles. The topological polar surface area (TPSA) is 100 Å². The van der Waals surface area contributed by atoms with E-state index in [0.717, 1.165) is 11.3 Å². The van der Waals surface area contributed by atoms with E-state index in [4.69, 9.17) is 11.6 Å². The Kier molecular flexibility index (Phi) is 5.52. The van der Waals surface area contributed by atoms with Crippen LogP contribution in [-0.2, 0) is 10.0 Å². The zero-order valence-electron chi connectivity index (χ0n) is 13.1. The van der Waals surface area contributed by atoms with Gasteiger partial charge in [0.2, 0.25) is 0 Å². The van der Waals surface area contributed by atoms with Gasteiger partial charge in [-0.2, -0.15) is 0 Å². The Morgan fingerprint density at radius 1 is 1.04 bits per heavy atom. The van der Waals surface area contributed by atoms with Crippen LogP contribution in [0, 0.1) is 0 Å². The Labute approximate surface area is 159 Å². The van der Waals surface area contributed by atoms with Gasteiger partial charge in [0, 0.05) is 16.9 Å². The van der Waals surface area contributed by atoms with Crippen molar-refractivity contribution in [2.45, 2.75) is 4.21 Å². The number of nitrogens with one attached hydrogen (secondary N) is 3. The molecule has 7 nitrogen and oxygen atoms in total. The highest BCUT2D eigenvalue weighted by atomic mass is 35.5. The molecule has 2 aromatic heterocycles. The van der Waals surface area contributed by atoms with Gasteiger partial charge in [0.05, 0.1) is 10.6 Å². The normalized spacial score (nSPS) is 11.1. The fourth-order valence-electron chi connectivity index (χ4n) is 1.97. The number of pyridine rings is 1. The number of nitrogens with zero attached hydrogens (tertiary/aromatic N) is 1. The quantitative estimate of drug-likeness (QED) is 0.562. The van der Waals surface area contributed by atoms with Crippen LogP contribution in [0.3, 0.4) is 0 Å². The molecule has 0 aliphatic carbocycles. The van der Waals surface area contributed by atoms with Crippen molar-refractivity contribution in [2.24, 2.45) is 0 Å². The molecule has 0 bridgehead atoms. The molecule has 0 unspecified atom stereocenters. The molecule has 0 radical (unpaired) electrons. The number of hydrogen-bond acceptors (Lipinski definition) is 5. The van der Waals surface area contributed by atoms with Crippen molar-refractivity contribution >= 4 is 44.7 Å². The number of anilines is 1. The van der Waals surface area contributed by atoms with E-state index in [0.29, 0.717) is 21.3 Å². The van der Waals surface area contributed by atoms with Crippen molar-refractivity contribution in [1.82, 2.24) is 15.2 Å². The summed E-state index contributed by atoms with van der Waals surface area (Å²) in [4.78, 5) is 18.7. The average molecular weight is 409 g/mol. The molecule has 0 aliphatic rings. The van der Waals surface area contributed by atoms with E-state index in [-0.39, 0.29) is 4.21 Å². The number of carbonyl (C=O) groups is 1. The Hall–Kier alpha value is -2.46. The highest BCUT2D eigenvalue weighted by molar-refractivity contribution is 7.91. The van der Waals surface area contributed by atoms with Gasteiger partial charge in [0.1, 0.15) is 4.21 Å². The lowest BCUT2D eigenvalue weighted by atomic mass is 10.3. The number of amides is 2. The number of hydrazine groups is 1. The minimum Gasteiger partial charge on any atom is -0.307 e. The van der Waals surface area contributed by atoms with Crippen LogP contribution in [0.1, 0.15) is 0 Å². The number of carbonyl (C=O) groups excluding carboxylic acids is 1. The van der Waals surface area contributed by atoms with Gasteiger partial charge < -0.3 is 5.32 Å². The maximum atomic E-state index is 12.3. The average Bonchev–Trinajstić information content (AvgIpc) is 3.14. The zero-order chi connectivity index (χ0) is 18.6. The van der Waals surface area contributed by atoms with E-state index in [9.17, 15) is 13.2 Å². The fraction of sp³-hybridized carbons (Fsp3) is 0. The first-order valence-electron chi connectivity index (χ1n) is 7.30. The number of thiophene rings is 1. The summed E-state index contributed by atoms with van der Waals surface area (Å²) in [6, 6.07) is 14.2. The molecule has 0 atom stereocenters. The van der Waals surface area contributed by atoms with Gasteiger partial charge in [-0.1, -0.05) is 17.7 Å². The molecular weight excluding hydrogens is 396 g/mol. The Morgan fingerprint density at radius 2 is 1.81 bits per heavy atom. The zero-order valence-corrected chi connectivity index (χ0v) is 15.5. The first-order chi connectivity index (χ1) is 12.4. The summed E-state index contributed by atoms with van der Waals surface area (Å²) in [5, 5.41) is 3.01. The molecule has 0 spiro atoms. The number of benzene rings is 1. The predicted octanol–water partition coefficient (Wildman–Crippen LogP) is 3.48. The molecule has 0 saturated carbocycles. The molecule has 134 valence electrons. The van der Waals surface area contributed by atoms with Crippen LogP contribution in [0.5, 0.6) is 0 Å². The smallest absolute Gasteiger partial charge is 0.307 e. The number of rotatable bonds is 5. The van der Waals surface area contributed by atoms with Crippen LogP contribution in [-0.4, -0.2) is 19.4 Å². The third kappa shape index (κ3) is 4.58. The van der Waals surface area contributed by atoms with E-state index in [1.165, 1.54) is 6.07 Å². The predicted molar refractivity (Wildman–Crippen MR) is 101 cm³/mol. The van der Waals surface area contributed by atoms with E-state index < -0.39 is 16.1 Å². The van der Waals surface area contributed by atoms with Gasteiger partial charge in [-0.15, -0.1) is 16.2 Å². The molecule has 0 fully saturated rings. The highest BCUT2D eigenvalue weighted by Crippen LogP contribution is 2.28. The molecule has 2 amide bonds.